The van der Waals surface area contributed by atoms with Gasteiger partial charge in [-0.25, -0.2) is 4.99 Å². The molecule has 3 N–H and O–H groups in total. The molecular formula is C21H28N4O2. The Kier molecular flexibility index (Phi) is 8.16. The van der Waals surface area contributed by atoms with Crippen molar-refractivity contribution in [3.63, 3.8) is 0 Å². The van der Waals surface area contributed by atoms with E-state index < -0.39 is 0 Å². The molecule has 27 heavy (non-hydrogen) atoms. The summed E-state index contributed by atoms with van der Waals surface area (Å²) in [6.07, 6.45) is 0.895. The van der Waals surface area contributed by atoms with Gasteiger partial charge in [0.1, 0.15) is 5.75 Å². The minimum Gasteiger partial charge on any atom is -0.497 e. The van der Waals surface area contributed by atoms with E-state index in [4.69, 9.17) is 4.74 Å². The number of ether oxygens (including phenoxy) is 1. The number of guanidine groups is 1. The van der Waals surface area contributed by atoms with Crippen molar-refractivity contribution in [1.82, 2.24) is 10.6 Å². The molecule has 0 aliphatic carbocycles. The number of hydrogen-bond acceptors (Lipinski definition) is 3. The predicted octanol–water partition coefficient (Wildman–Crippen LogP) is 2.95. The molecule has 0 radical (unpaired) electrons. The van der Waals surface area contributed by atoms with Crippen molar-refractivity contribution < 1.29 is 9.53 Å². The van der Waals surface area contributed by atoms with E-state index in [1.54, 1.807) is 7.11 Å². The lowest BCUT2D eigenvalue weighted by Crippen LogP contribution is -2.38. The molecule has 6 heteroatoms. The van der Waals surface area contributed by atoms with Crippen LogP contribution in [0.15, 0.2) is 53.5 Å². The van der Waals surface area contributed by atoms with Crippen molar-refractivity contribution in [3.8, 4) is 5.75 Å². The Hall–Kier alpha value is -3.02. The van der Waals surface area contributed by atoms with E-state index in [2.05, 4.69) is 33.1 Å². The Morgan fingerprint density at radius 3 is 2.52 bits per heavy atom. The van der Waals surface area contributed by atoms with Crippen LogP contribution in [-0.2, 0) is 17.8 Å². The Bertz CT molecular complexity index is 757. The summed E-state index contributed by atoms with van der Waals surface area (Å²) in [7, 11) is 1.67. The van der Waals surface area contributed by atoms with Crippen LogP contribution in [0.3, 0.4) is 0 Å². The Labute approximate surface area is 161 Å². The second-order valence-corrected chi connectivity index (χ2v) is 6.10. The lowest BCUT2D eigenvalue weighted by molar-refractivity contribution is -0.114. The largest absolute Gasteiger partial charge is 0.497 e. The third-order valence-corrected chi connectivity index (χ3v) is 3.88. The monoisotopic (exact) mass is 368 g/mol. The maximum absolute atomic E-state index is 11.2. The van der Waals surface area contributed by atoms with Crippen molar-refractivity contribution in [3.05, 3.63) is 59.7 Å². The zero-order chi connectivity index (χ0) is 19.5. The quantitative estimate of drug-likeness (QED) is 0.495. The lowest BCUT2D eigenvalue weighted by Gasteiger charge is -2.12. The van der Waals surface area contributed by atoms with Crippen LogP contribution in [0.5, 0.6) is 5.75 Å². The smallest absolute Gasteiger partial charge is 0.221 e. The molecule has 0 bridgehead atoms. The van der Waals surface area contributed by atoms with Crippen LogP contribution in [0.1, 0.15) is 25.0 Å². The standard InChI is InChI=1S/C21H28N4O2/c1-4-22-21(23-13-12-17-8-10-20(27-3)11-9-17)24-15-18-6-5-7-19(14-18)25-16(2)26/h5-11,14H,4,12-13,15H2,1-3H3,(H,25,26)(H2,22,23,24). The van der Waals surface area contributed by atoms with Gasteiger partial charge in [0, 0.05) is 25.7 Å². The van der Waals surface area contributed by atoms with Crippen LogP contribution in [0, 0.1) is 0 Å². The van der Waals surface area contributed by atoms with Crippen molar-refractivity contribution in [1.29, 1.82) is 0 Å². The molecule has 0 aliphatic heterocycles. The van der Waals surface area contributed by atoms with E-state index in [9.17, 15) is 4.79 Å². The molecule has 6 nitrogen and oxygen atoms in total. The van der Waals surface area contributed by atoms with Gasteiger partial charge in [-0.05, 0) is 48.7 Å². The van der Waals surface area contributed by atoms with E-state index in [0.717, 1.165) is 42.5 Å². The minimum absolute atomic E-state index is 0.0795. The Balaban J connectivity index is 1.90. The molecule has 2 rings (SSSR count). The van der Waals surface area contributed by atoms with Gasteiger partial charge in [0.25, 0.3) is 0 Å². The van der Waals surface area contributed by atoms with Crippen LogP contribution in [-0.4, -0.2) is 32.1 Å². The van der Waals surface area contributed by atoms with E-state index in [0.29, 0.717) is 6.54 Å². The number of methoxy groups -OCH3 is 1. The highest BCUT2D eigenvalue weighted by molar-refractivity contribution is 5.88. The normalized spacial score (nSPS) is 11.0. The molecule has 0 fully saturated rings. The van der Waals surface area contributed by atoms with Gasteiger partial charge < -0.3 is 20.7 Å². The number of aliphatic imine (C=N–C) groups is 1. The highest BCUT2D eigenvalue weighted by atomic mass is 16.5. The maximum atomic E-state index is 11.2. The summed E-state index contributed by atoms with van der Waals surface area (Å²) in [6.45, 7) is 5.65. The number of hydrogen-bond donors (Lipinski definition) is 3. The summed E-state index contributed by atoms with van der Waals surface area (Å²) < 4.78 is 5.18. The first-order chi connectivity index (χ1) is 13.1. The summed E-state index contributed by atoms with van der Waals surface area (Å²) in [5, 5.41) is 9.40. The van der Waals surface area contributed by atoms with Crippen LogP contribution >= 0.6 is 0 Å². The third-order valence-electron chi connectivity index (χ3n) is 3.88. The third kappa shape index (κ3) is 7.40. The highest BCUT2D eigenvalue weighted by Crippen LogP contribution is 2.12. The lowest BCUT2D eigenvalue weighted by atomic mass is 10.1. The Morgan fingerprint density at radius 2 is 1.85 bits per heavy atom. The number of amides is 1. The summed E-state index contributed by atoms with van der Waals surface area (Å²) in [6, 6.07) is 15.8. The first-order valence-electron chi connectivity index (χ1n) is 9.12. The summed E-state index contributed by atoms with van der Waals surface area (Å²) in [5.41, 5.74) is 3.06. The zero-order valence-corrected chi connectivity index (χ0v) is 16.2. The van der Waals surface area contributed by atoms with Crippen molar-refractivity contribution >= 4 is 17.6 Å². The molecule has 0 spiro atoms. The predicted molar refractivity (Wildman–Crippen MR) is 110 cm³/mol. The molecule has 2 aromatic carbocycles. The van der Waals surface area contributed by atoms with Gasteiger partial charge in [0.15, 0.2) is 5.96 Å². The topological polar surface area (TPSA) is 74.8 Å². The van der Waals surface area contributed by atoms with E-state index in [-0.39, 0.29) is 5.91 Å². The van der Waals surface area contributed by atoms with E-state index in [1.165, 1.54) is 12.5 Å². The van der Waals surface area contributed by atoms with Crippen molar-refractivity contribution in [2.24, 2.45) is 4.99 Å². The molecule has 144 valence electrons. The number of rotatable bonds is 8. The molecule has 0 aliphatic rings. The van der Waals surface area contributed by atoms with Crippen LogP contribution in [0.4, 0.5) is 5.69 Å². The number of carbonyl (C=O) groups excluding carboxylic acids is 1. The van der Waals surface area contributed by atoms with Crippen molar-refractivity contribution in [2.45, 2.75) is 26.8 Å². The number of carbonyl (C=O) groups is 1. The fraction of sp³-hybridized carbons (Fsp3) is 0.333. The minimum atomic E-state index is -0.0795. The van der Waals surface area contributed by atoms with Crippen LogP contribution in [0.25, 0.3) is 0 Å². The molecule has 0 saturated carbocycles. The zero-order valence-electron chi connectivity index (χ0n) is 16.2. The van der Waals surface area contributed by atoms with Crippen LogP contribution in [0.2, 0.25) is 0 Å². The second-order valence-electron chi connectivity index (χ2n) is 6.10. The van der Waals surface area contributed by atoms with Gasteiger partial charge >= 0.3 is 0 Å². The number of nitrogens with zero attached hydrogens (tertiary/aromatic N) is 1. The molecule has 0 aromatic heterocycles. The van der Waals surface area contributed by atoms with E-state index in [1.807, 2.05) is 43.3 Å². The summed E-state index contributed by atoms with van der Waals surface area (Å²) in [5.74, 6) is 1.56. The average Bonchev–Trinajstić information content (AvgIpc) is 2.66. The van der Waals surface area contributed by atoms with Gasteiger partial charge in [0.05, 0.1) is 13.7 Å². The van der Waals surface area contributed by atoms with Gasteiger partial charge in [-0.3, -0.25) is 4.79 Å². The van der Waals surface area contributed by atoms with Gasteiger partial charge in [-0.1, -0.05) is 24.3 Å². The number of nitrogens with one attached hydrogen (secondary N) is 3. The maximum Gasteiger partial charge on any atom is 0.221 e. The fourth-order valence-electron chi connectivity index (χ4n) is 2.58. The summed E-state index contributed by atoms with van der Waals surface area (Å²) >= 11 is 0. The second kappa shape index (κ2) is 10.9. The van der Waals surface area contributed by atoms with Crippen LogP contribution < -0.4 is 20.7 Å². The van der Waals surface area contributed by atoms with Crippen molar-refractivity contribution in [2.75, 3.05) is 25.5 Å². The summed E-state index contributed by atoms with van der Waals surface area (Å²) in [4.78, 5) is 15.8. The molecule has 1 amide bonds. The first-order valence-corrected chi connectivity index (χ1v) is 9.12. The number of benzene rings is 2. The van der Waals surface area contributed by atoms with E-state index >= 15 is 0 Å². The van der Waals surface area contributed by atoms with Gasteiger partial charge in [-0.2, -0.15) is 0 Å². The molecular weight excluding hydrogens is 340 g/mol. The van der Waals surface area contributed by atoms with Gasteiger partial charge in [-0.15, -0.1) is 0 Å². The fourth-order valence-corrected chi connectivity index (χ4v) is 2.58. The SMILES string of the molecule is CCNC(=NCc1cccc(NC(C)=O)c1)NCCc1ccc(OC)cc1. The molecule has 0 heterocycles. The average molecular weight is 368 g/mol. The first kappa shape index (κ1) is 20.3. The van der Waals surface area contributed by atoms with Gasteiger partial charge in [0.2, 0.25) is 5.91 Å². The molecule has 0 saturated heterocycles. The molecule has 0 unspecified atom stereocenters. The highest BCUT2D eigenvalue weighted by Gasteiger charge is 2.01. The molecule has 0 atom stereocenters. The molecule has 2 aromatic rings. The number of anilines is 1. The Morgan fingerprint density at radius 1 is 1.07 bits per heavy atom.